The van der Waals surface area contributed by atoms with Crippen LogP contribution in [-0.2, 0) is 16.1 Å². The number of aliphatic hydroxyl groups is 1. The number of aliphatic hydroxyl groups excluding tert-OH is 1. The van der Waals surface area contributed by atoms with Crippen molar-refractivity contribution in [1.82, 2.24) is 5.32 Å². The van der Waals surface area contributed by atoms with Crippen LogP contribution in [0.25, 0.3) is 0 Å². The fraction of sp³-hybridized carbons (Fsp3) is 0.731. The smallest absolute Gasteiger partial charge is 0.222 e. The van der Waals surface area contributed by atoms with Crippen LogP contribution in [0.15, 0.2) is 30.3 Å². The number of amides is 1. The molecule has 1 amide bonds. The first-order valence-electron chi connectivity index (χ1n) is 12.4. The number of carbonyl (C=O) groups excluding carboxylic acids is 1. The Morgan fingerprint density at radius 3 is 2.23 bits per heavy atom. The van der Waals surface area contributed by atoms with E-state index in [2.05, 4.69) is 12.2 Å². The Morgan fingerprint density at radius 2 is 1.61 bits per heavy atom. The Labute approximate surface area is 190 Å². The molecule has 0 spiro atoms. The lowest BCUT2D eigenvalue weighted by molar-refractivity contribution is -0.125. The zero-order chi connectivity index (χ0) is 22.6. The largest absolute Gasteiger partial charge is 0.394 e. The minimum Gasteiger partial charge on any atom is -0.394 e. The standard InChI is InChI=1S/C26H46N2O3/c1-2-3-4-5-6-7-8-9-13-18-25(31-22-23-15-11-10-12-16-23)20-26(30)28-24(21-29)17-14-19-27/h10-12,15-16,24-25,29H,2-9,13-14,17-22,27H2,1H3,(H,28,30)/t24-,25-/m1/s1. The van der Waals surface area contributed by atoms with Crippen LogP contribution in [-0.4, -0.2) is 36.3 Å². The van der Waals surface area contributed by atoms with Crippen LogP contribution < -0.4 is 11.1 Å². The van der Waals surface area contributed by atoms with Gasteiger partial charge in [-0.05, 0) is 31.4 Å². The molecule has 0 bridgehead atoms. The van der Waals surface area contributed by atoms with Gasteiger partial charge in [0.05, 0.1) is 31.8 Å². The quantitative estimate of drug-likeness (QED) is 0.249. The maximum absolute atomic E-state index is 12.5. The maximum atomic E-state index is 12.5. The molecule has 1 aromatic carbocycles. The van der Waals surface area contributed by atoms with Crippen LogP contribution in [0.4, 0.5) is 0 Å². The molecule has 178 valence electrons. The first-order chi connectivity index (χ1) is 15.2. The molecule has 1 rings (SSSR count). The van der Waals surface area contributed by atoms with Crippen molar-refractivity contribution in [3.8, 4) is 0 Å². The van der Waals surface area contributed by atoms with Crippen molar-refractivity contribution in [3.05, 3.63) is 35.9 Å². The monoisotopic (exact) mass is 434 g/mol. The maximum Gasteiger partial charge on any atom is 0.222 e. The van der Waals surface area contributed by atoms with Gasteiger partial charge in [-0.3, -0.25) is 4.79 Å². The van der Waals surface area contributed by atoms with E-state index >= 15 is 0 Å². The molecule has 0 aromatic heterocycles. The summed E-state index contributed by atoms with van der Waals surface area (Å²) in [7, 11) is 0. The molecule has 0 heterocycles. The Kier molecular flexibility index (Phi) is 17.2. The Balaban J connectivity index is 2.38. The second-order valence-corrected chi connectivity index (χ2v) is 8.62. The van der Waals surface area contributed by atoms with Gasteiger partial charge in [0.25, 0.3) is 0 Å². The number of carbonyl (C=O) groups is 1. The van der Waals surface area contributed by atoms with E-state index in [1.807, 2.05) is 30.3 Å². The average Bonchev–Trinajstić information content (AvgIpc) is 2.79. The number of nitrogens with two attached hydrogens (primary N) is 1. The lowest BCUT2D eigenvalue weighted by atomic mass is 10.0. The van der Waals surface area contributed by atoms with E-state index in [0.717, 1.165) is 24.8 Å². The van der Waals surface area contributed by atoms with E-state index in [9.17, 15) is 9.90 Å². The molecule has 0 aliphatic carbocycles. The Hall–Kier alpha value is -1.43. The van der Waals surface area contributed by atoms with Crippen LogP contribution in [0.1, 0.15) is 96.0 Å². The number of unbranched alkanes of at least 4 members (excludes halogenated alkanes) is 8. The summed E-state index contributed by atoms with van der Waals surface area (Å²) >= 11 is 0. The molecule has 0 aliphatic rings. The fourth-order valence-electron chi connectivity index (χ4n) is 3.78. The van der Waals surface area contributed by atoms with Gasteiger partial charge in [-0.2, -0.15) is 0 Å². The molecule has 2 atom stereocenters. The van der Waals surface area contributed by atoms with E-state index < -0.39 is 0 Å². The molecule has 0 radical (unpaired) electrons. The van der Waals surface area contributed by atoms with E-state index in [1.54, 1.807) is 0 Å². The van der Waals surface area contributed by atoms with Crippen molar-refractivity contribution in [2.24, 2.45) is 5.73 Å². The summed E-state index contributed by atoms with van der Waals surface area (Å²) in [5.74, 6) is -0.0509. The second kappa shape index (κ2) is 19.3. The zero-order valence-corrected chi connectivity index (χ0v) is 19.7. The first kappa shape index (κ1) is 27.6. The Bertz CT molecular complexity index is 539. The molecular weight excluding hydrogens is 388 g/mol. The van der Waals surface area contributed by atoms with Gasteiger partial charge in [0.1, 0.15) is 0 Å². The van der Waals surface area contributed by atoms with Crippen LogP contribution in [0, 0.1) is 0 Å². The lowest BCUT2D eigenvalue weighted by Gasteiger charge is -2.21. The van der Waals surface area contributed by atoms with Crippen molar-refractivity contribution in [3.63, 3.8) is 0 Å². The van der Waals surface area contributed by atoms with Gasteiger partial charge in [0, 0.05) is 0 Å². The molecule has 4 N–H and O–H groups in total. The van der Waals surface area contributed by atoms with Gasteiger partial charge in [-0.25, -0.2) is 0 Å². The number of benzene rings is 1. The van der Waals surface area contributed by atoms with Crippen molar-refractivity contribution in [1.29, 1.82) is 0 Å². The molecule has 1 aromatic rings. The highest BCUT2D eigenvalue weighted by molar-refractivity contribution is 5.76. The molecule has 5 nitrogen and oxygen atoms in total. The highest BCUT2D eigenvalue weighted by Gasteiger charge is 2.17. The number of hydrogen-bond donors (Lipinski definition) is 3. The zero-order valence-electron chi connectivity index (χ0n) is 19.7. The number of rotatable bonds is 20. The van der Waals surface area contributed by atoms with Gasteiger partial charge in [0.2, 0.25) is 5.91 Å². The third kappa shape index (κ3) is 15.1. The van der Waals surface area contributed by atoms with E-state index in [1.165, 1.54) is 51.4 Å². The predicted molar refractivity (Wildman–Crippen MR) is 129 cm³/mol. The van der Waals surface area contributed by atoms with Crippen LogP contribution in [0.2, 0.25) is 0 Å². The van der Waals surface area contributed by atoms with E-state index in [4.69, 9.17) is 10.5 Å². The summed E-state index contributed by atoms with van der Waals surface area (Å²) < 4.78 is 6.12. The Morgan fingerprint density at radius 1 is 0.968 bits per heavy atom. The van der Waals surface area contributed by atoms with Crippen LogP contribution in [0.5, 0.6) is 0 Å². The highest BCUT2D eigenvalue weighted by Crippen LogP contribution is 2.16. The highest BCUT2D eigenvalue weighted by atomic mass is 16.5. The molecule has 0 fully saturated rings. The number of hydrogen-bond acceptors (Lipinski definition) is 4. The third-order valence-corrected chi connectivity index (χ3v) is 5.71. The van der Waals surface area contributed by atoms with Crippen molar-refractivity contribution < 1.29 is 14.6 Å². The summed E-state index contributed by atoms with van der Waals surface area (Å²) in [6, 6.07) is 9.87. The summed E-state index contributed by atoms with van der Waals surface area (Å²) in [6.45, 7) is 3.28. The molecular formula is C26H46N2O3. The summed E-state index contributed by atoms with van der Waals surface area (Å²) in [5.41, 5.74) is 6.66. The minimum absolute atomic E-state index is 0.0509. The summed E-state index contributed by atoms with van der Waals surface area (Å²) in [4.78, 5) is 12.5. The van der Waals surface area contributed by atoms with Gasteiger partial charge < -0.3 is 20.9 Å². The van der Waals surface area contributed by atoms with Gasteiger partial charge in [-0.1, -0.05) is 95.0 Å². The van der Waals surface area contributed by atoms with Crippen molar-refractivity contribution >= 4 is 5.91 Å². The normalized spacial score (nSPS) is 13.1. The topological polar surface area (TPSA) is 84.6 Å². The molecule has 5 heteroatoms. The molecule has 0 unspecified atom stereocenters. The van der Waals surface area contributed by atoms with Gasteiger partial charge >= 0.3 is 0 Å². The average molecular weight is 435 g/mol. The SMILES string of the molecule is CCCCCCCCCCC[C@H](CC(=O)N[C@@H](CO)CCCN)OCc1ccccc1. The number of nitrogens with one attached hydrogen (secondary N) is 1. The summed E-state index contributed by atoms with van der Waals surface area (Å²) in [6.07, 6.45) is 14.2. The molecule has 0 saturated heterocycles. The minimum atomic E-state index is -0.224. The lowest BCUT2D eigenvalue weighted by Crippen LogP contribution is -2.39. The van der Waals surface area contributed by atoms with E-state index in [-0.39, 0.29) is 24.7 Å². The van der Waals surface area contributed by atoms with Crippen LogP contribution in [0.3, 0.4) is 0 Å². The van der Waals surface area contributed by atoms with Gasteiger partial charge in [0.15, 0.2) is 0 Å². The van der Waals surface area contributed by atoms with Gasteiger partial charge in [-0.15, -0.1) is 0 Å². The molecule has 0 aliphatic heterocycles. The van der Waals surface area contributed by atoms with Crippen LogP contribution >= 0.6 is 0 Å². The summed E-state index contributed by atoms with van der Waals surface area (Å²) in [5, 5.41) is 12.4. The van der Waals surface area contributed by atoms with Crippen molar-refractivity contribution in [2.75, 3.05) is 13.2 Å². The van der Waals surface area contributed by atoms with Crippen molar-refractivity contribution in [2.45, 2.75) is 109 Å². The van der Waals surface area contributed by atoms with E-state index in [0.29, 0.717) is 26.0 Å². The number of ether oxygens (including phenoxy) is 1. The second-order valence-electron chi connectivity index (χ2n) is 8.62. The molecule has 31 heavy (non-hydrogen) atoms. The third-order valence-electron chi connectivity index (χ3n) is 5.71. The fourth-order valence-corrected chi connectivity index (χ4v) is 3.78. The first-order valence-corrected chi connectivity index (χ1v) is 12.4. The predicted octanol–water partition coefficient (Wildman–Crippen LogP) is 5.10. The molecule has 0 saturated carbocycles.